The van der Waals surface area contributed by atoms with E-state index < -0.39 is 0 Å². The molecular formula is C18H25N5O2S. The second-order valence-electron chi connectivity index (χ2n) is 6.47. The molecule has 1 atom stereocenters. The Labute approximate surface area is 158 Å². The molecule has 0 N–H and O–H groups in total. The number of likely N-dealkylation sites (tertiary alicyclic amines) is 1. The Balaban J connectivity index is 1.62. The number of carbonyl (C=O) groups excluding carboxylic acids is 1. The zero-order valence-corrected chi connectivity index (χ0v) is 16.1. The molecule has 7 nitrogen and oxygen atoms in total. The van der Waals surface area contributed by atoms with Crippen molar-refractivity contribution in [2.24, 2.45) is 0 Å². The van der Waals surface area contributed by atoms with Crippen LogP contribution in [0.2, 0.25) is 0 Å². The number of rotatable bonds is 6. The van der Waals surface area contributed by atoms with Crippen molar-refractivity contribution in [3.05, 3.63) is 29.8 Å². The van der Waals surface area contributed by atoms with Gasteiger partial charge in [-0.1, -0.05) is 36.7 Å². The Kier molecular flexibility index (Phi) is 6.49. The van der Waals surface area contributed by atoms with Gasteiger partial charge in [-0.25, -0.2) is 4.68 Å². The molecule has 1 aromatic carbocycles. The highest BCUT2D eigenvalue weighted by atomic mass is 32.2. The maximum atomic E-state index is 12.7. The van der Waals surface area contributed by atoms with Gasteiger partial charge in [0.25, 0.3) is 0 Å². The number of benzene rings is 1. The Hall–Kier alpha value is -2.09. The van der Waals surface area contributed by atoms with Crippen LogP contribution in [0.25, 0.3) is 0 Å². The summed E-state index contributed by atoms with van der Waals surface area (Å²) in [5.74, 6) is 0.993. The molecule has 1 fully saturated rings. The Morgan fingerprint density at radius 2 is 1.88 bits per heavy atom. The molecule has 1 aromatic heterocycles. The van der Waals surface area contributed by atoms with E-state index in [2.05, 4.69) is 15.5 Å². The predicted octanol–water partition coefficient (Wildman–Crippen LogP) is 2.61. The van der Waals surface area contributed by atoms with Crippen LogP contribution in [-0.4, -0.2) is 56.5 Å². The largest absolute Gasteiger partial charge is 0.497 e. The number of ether oxygens (including phenoxy) is 1. The SMILES string of the molecule is COc1ccc(Cn2nnnc2SC(C)C(=O)N2CCCCCC2)cc1. The summed E-state index contributed by atoms with van der Waals surface area (Å²) in [4.78, 5) is 14.7. The van der Waals surface area contributed by atoms with Gasteiger partial charge in [-0.15, -0.1) is 5.10 Å². The van der Waals surface area contributed by atoms with Gasteiger partial charge < -0.3 is 9.64 Å². The molecule has 1 unspecified atom stereocenters. The van der Waals surface area contributed by atoms with Crippen molar-refractivity contribution < 1.29 is 9.53 Å². The molecule has 0 radical (unpaired) electrons. The highest BCUT2D eigenvalue weighted by Gasteiger charge is 2.24. The summed E-state index contributed by atoms with van der Waals surface area (Å²) in [7, 11) is 1.65. The number of aromatic nitrogens is 4. The fourth-order valence-corrected chi connectivity index (χ4v) is 3.91. The highest BCUT2D eigenvalue weighted by molar-refractivity contribution is 8.00. The third kappa shape index (κ3) is 4.75. The van der Waals surface area contributed by atoms with E-state index in [-0.39, 0.29) is 11.2 Å². The fraction of sp³-hybridized carbons (Fsp3) is 0.556. The van der Waals surface area contributed by atoms with Crippen LogP contribution in [0.15, 0.2) is 29.4 Å². The quantitative estimate of drug-likeness (QED) is 0.723. The van der Waals surface area contributed by atoms with E-state index in [1.54, 1.807) is 11.8 Å². The molecule has 2 aromatic rings. The van der Waals surface area contributed by atoms with E-state index in [1.807, 2.05) is 36.1 Å². The first-order chi connectivity index (χ1) is 12.7. The van der Waals surface area contributed by atoms with E-state index in [0.717, 1.165) is 37.2 Å². The summed E-state index contributed by atoms with van der Waals surface area (Å²) in [5, 5.41) is 12.4. The molecule has 2 heterocycles. The Bertz CT molecular complexity index is 711. The third-order valence-corrected chi connectivity index (χ3v) is 5.60. The van der Waals surface area contributed by atoms with Crippen molar-refractivity contribution in [1.29, 1.82) is 0 Å². The number of amides is 1. The maximum Gasteiger partial charge on any atom is 0.235 e. The summed E-state index contributed by atoms with van der Waals surface area (Å²) >= 11 is 1.42. The van der Waals surface area contributed by atoms with Crippen LogP contribution in [0.4, 0.5) is 0 Å². The molecular weight excluding hydrogens is 350 g/mol. The van der Waals surface area contributed by atoms with Crippen molar-refractivity contribution in [1.82, 2.24) is 25.1 Å². The van der Waals surface area contributed by atoms with E-state index in [4.69, 9.17) is 4.74 Å². The van der Waals surface area contributed by atoms with Gasteiger partial charge in [0.15, 0.2) is 0 Å². The molecule has 0 saturated carbocycles. The zero-order valence-electron chi connectivity index (χ0n) is 15.3. The number of hydrogen-bond acceptors (Lipinski definition) is 6. The van der Waals surface area contributed by atoms with Gasteiger partial charge in [-0.2, -0.15) is 0 Å². The molecule has 0 aliphatic carbocycles. The van der Waals surface area contributed by atoms with Crippen LogP contribution >= 0.6 is 11.8 Å². The van der Waals surface area contributed by atoms with E-state index >= 15 is 0 Å². The normalized spacial score (nSPS) is 16.2. The molecule has 1 amide bonds. The minimum Gasteiger partial charge on any atom is -0.497 e. The lowest BCUT2D eigenvalue weighted by molar-refractivity contribution is -0.130. The second kappa shape index (κ2) is 9.02. The lowest BCUT2D eigenvalue weighted by Crippen LogP contribution is -2.37. The van der Waals surface area contributed by atoms with E-state index in [9.17, 15) is 4.79 Å². The average molecular weight is 375 g/mol. The van der Waals surface area contributed by atoms with Crippen LogP contribution < -0.4 is 4.74 Å². The summed E-state index contributed by atoms with van der Waals surface area (Å²) < 4.78 is 6.92. The van der Waals surface area contributed by atoms with Crippen LogP contribution in [0.5, 0.6) is 5.75 Å². The Morgan fingerprint density at radius 1 is 1.19 bits per heavy atom. The van der Waals surface area contributed by atoms with Crippen molar-refractivity contribution in [3.8, 4) is 5.75 Å². The number of hydrogen-bond donors (Lipinski definition) is 0. The summed E-state index contributed by atoms with van der Waals surface area (Å²) in [6, 6.07) is 7.80. The molecule has 0 spiro atoms. The summed E-state index contributed by atoms with van der Waals surface area (Å²) in [6.45, 7) is 4.22. The number of methoxy groups -OCH3 is 1. The number of tetrazole rings is 1. The number of carbonyl (C=O) groups is 1. The van der Waals surface area contributed by atoms with Crippen molar-refractivity contribution in [3.63, 3.8) is 0 Å². The lowest BCUT2D eigenvalue weighted by Gasteiger charge is -2.23. The van der Waals surface area contributed by atoms with Crippen molar-refractivity contribution >= 4 is 17.7 Å². The fourth-order valence-electron chi connectivity index (χ4n) is 3.04. The van der Waals surface area contributed by atoms with Crippen molar-refractivity contribution in [2.75, 3.05) is 20.2 Å². The second-order valence-corrected chi connectivity index (χ2v) is 7.77. The number of thioether (sulfide) groups is 1. The molecule has 1 aliphatic rings. The average Bonchev–Trinajstić information content (AvgIpc) is 2.92. The first-order valence-electron chi connectivity index (χ1n) is 9.02. The van der Waals surface area contributed by atoms with Gasteiger partial charge in [0.1, 0.15) is 5.75 Å². The zero-order chi connectivity index (χ0) is 18.4. The standard InChI is InChI=1S/C18H25N5O2S/c1-14(17(24)22-11-5-3-4-6-12-22)26-18-19-20-21-23(18)13-15-7-9-16(25-2)10-8-15/h7-10,14H,3-6,11-13H2,1-2H3. The van der Waals surface area contributed by atoms with Gasteiger partial charge in [-0.3, -0.25) is 4.79 Å². The van der Waals surface area contributed by atoms with Gasteiger partial charge in [0.2, 0.25) is 11.1 Å². The monoisotopic (exact) mass is 375 g/mol. The van der Waals surface area contributed by atoms with Gasteiger partial charge in [0, 0.05) is 13.1 Å². The third-order valence-electron chi connectivity index (χ3n) is 4.54. The van der Waals surface area contributed by atoms with E-state index in [0.29, 0.717) is 11.7 Å². The van der Waals surface area contributed by atoms with Crippen LogP contribution in [0.1, 0.15) is 38.2 Å². The Morgan fingerprint density at radius 3 is 2.54 bits per heavy atom. The molecule has 8 heteroatoms. The van der Waals surface area contributed by atoms with Crippen molar-refractivity contribution in [2.45, 2.75) is 49.6 Å². The first kappa shape index (κ1) is 18.7. The number of nitrogens with zero attached hydrogens (tertiary/aromatic N) is 5. The van der Waals surface area contributed by atoms with Crippen LogP contribution in [0.3, 0.4) is 0 Å². The topological polar surface area (TPSA) is 73.1 Å². The molecule has 1 aliphatic heterocycles. The summed E-state index contributed by atoms with van der Waals surface area (Å²) in [6.07, 6.45) is 4.62. The van der Waals surface area contributed by atoms with E-state index in [1.165, 1.54) is 24.6 Å². The predicted molar refractivity (Wildman–Crippen MR) is 100 cm³/mol. The van der Waals surface area contributed by atoms with Gasteiger partial charge in [0.05, 0.1) is 18.9 Å². The minimum atomic E-state index is -0.200. The molecule has 26 heavy (non-hydrogen) atoms. The minimum absolute atomic E-state index is 0.177. The summed E-state index contributed by atoms with van der Waals surface area (Å²) in [5.41, 5.74) is 1.08. The molecule has 0 bridgehead atoms. The van der Waals surface area contributed by atoms with Gasteiger partial charge >= 0.3 is 0 Å². The lowest BCUT2D eigenvalue weighted by atomic mass is 10.2. The van der Waals surface area contributed by atoms with Gasteiger partial charge in [-0.05, 0) is 47.9 Å². The molecule has 140 valence electrons. The molecule has 3 rings (SSSR count). The maximum absolute atomic E-state index is 12.7. The smallest absolute Gasteiger partial charge is 0.235 e. The van der Waals surface area contributed by atoms with Crippen LogP contribution in [0, 0.1) is 0 Å². The van der Waals surface area contributed by atoms with Crippen LogP contribution in [-0.2, 0) is 11.3 Å². The highest BCUT2D eigenvalue weighted by Crippen LogP contribution is 2.24. The first-order valence-corrected chi connectivity index (χ1v) is 9.90. The molecule has 1 saturated heterocycles.